The fourth-order valence-corrected chi connectivity index (χ4v) is 10.9. The van der Waals surface area contributed by atoms with Crippen LogP contribution >= 0.6 is 11.3 Å². The summed E-state index contributed by atoms with van der Waals surface area (Å²) in [6.07, 6.45) is 0. The van der Waals surface area contributed by atoms with Crippen LogP contribution in [0, 0.1) is 0 Å². The van der Waals surface area contributed by atoms with Crippen LogP contribution in [-0.2, 0) is 0 Å². The van der Waals surface area contributed by atoms with Crippen molar-refractivity contribution < 1.29 is 0 Å². The van der Waals surface area contributed by atoms with E-state index in [0.717, 1.165) is 44.4 Å². The van der Waals surface area contributed by atoms with Gasteiger partial charge in [-0.25, -0.2) is 15.0 Å². The Morgan fingerprint density at radius 2 is 0.873 bits per heavy atom. The van der Waals surface area contributed by atoms with E-state index in [1.165, 1.54) is 58.6 Å². The first-order valence-corrected chi connectivity index (χ1v) is 22.0. The van der Waals surface area contributed by atoms with E-state index in [9.17, 15) is 0 Å². The number of nitrogens with zero attached hydrogens (tertiary/aromatic N) is 5. The molecule has 9 aromatic carbocycles. The molecule has 0 aliphatic carbocycles. The molecule has 0 aliphatic heterocycles. The van der Waals surface area contributed by atoms with Gasteiger partial charge in [-0.1, -0.05) is 164 Å². The van der Waals surface area contributed by atoms with Crippen molar-refractivity contribution in [1.29, 1.82) is 0 Å². The first-order chi connectivity index (χ1) is 31.3. The molecule has 0 saturated carbocycles. The number of benzene rings is 9. The van der Waals surface area contributed by atoms with E-state index in [0.29, 0.717) is 17.5 Å². The predicted molar refractivity (Wildman–Crippen MR) is 263 cm³/mol. The van der Waals surface area contributed by atoms with Gasteiger partial charge >= 0.3 is 0 Å². The Bertz CT molecular complexity index is 3830. The molecule has 294 valence electrons. The van der Waals surface area contributed by atoms with Crippen LogP contribution in [0.15, 0.2) is 212 Å². The Kier molecular flexibility index (Phi) is 8.01. The van der Waals surface area contributed by atoms with Crippen molar-refractivity contribution in [1.82, 2.24) is 24.1 Å². The zero-order valence-corrected chi connectivity index (χ0v) is 34.7. The van der Waals surface area contributed by atoms with Crippen LogP contribution in [0.2, 0.25) is 0 Å². The van der Waals surface area contributed by atoms with Crippen molar-refractivity contribution in [2.24, 2.45) is 0 Å². The van der Waals surface area contributed by atoms with E-state index in [2.05, 4.69) is 185 Å². The number of fused-ring (bicyclic) bond motifs is 10. The summed E-state index contributed by atoms with van der Waals surface area (Å²) in [6.45, 7) is 0. The molecule has 5 nitrogen and oxygen atoms in total. The molecule has 0 unspecified atom stereocenters. The molecule has 0 radical (unpaired) electrons. The molecule has 6 heteroatoms. The summed E-state index contributed by atoms with van der Waals surface area (Å²) in [6, 6.07) is 75.5. The van der Waals surface area contributed by atoms with Gasteiger partial charge < -0.3 is 9.13 Å². The summed E-state index contributed by atoms with van der Waals surface area (Å²) in [5.74, 6) is 1.93. The van der Waals surface area contributed by atoms with Gasteiger partial charge in [-0.3, -0.25) is 0 Å². The highest BCUT2D eigenvalue weighted by molar-refractivity contribution is 7.26. The zero-order chi connectivity index (χ0) is 41.4. The van der Waals surface area contributed by atoms with E-state index >= 15 is 0 Å². The Labute approximate surface area is 366 Å². The Hall–Kier alpha value is -8.19. The maximum Gasteiger partial charge on any atom is 0.164 e. The van der Waals surface area contributed by atoms with Crippen LogP contribution in [0.1, 0.15) is 0 Å². The van der Waals surface area contributed by atoms with Crippen molar-refractivity contribution in [3.8, 4) is 56.7 Å². The number of para-hydroxylation sites is 3. The number of aromatic nitrogens is 5. The lowest BCUT2D eigenvalue weighted by atomic mass is 9.97. The van der Waals surface area contributed by atoms with Crippen LogP contribution in [0.5, 0.6) is 0 Å². The van der Waals surface area contributed by atoms with E-state index in [-0.39, 0.29) is 0 Å². The minimum absolute atomic E-state index is 0.641. The van der Waals surface area contributed by atoms with Crippen molar-refractivity contribution >= 4 is 75.1 Å². The molecule has 63 heavy (non-hydrogen) atoms. The summed E-state index contributed by atoms with van der Waals surface area (Å²) >= 11 is 1.87. The van der Waals surface area contributed by atoms with Crippen LogP contribution in [-0.4, -0.2) is 24.1 Å². The third-order valence-electron chi connectivity index (χ3n) is 12.4. The van der Waals surface area contributed by atoms with Gasteiger partial charge in [-0.15, -0.1) is 11.3 Å². The highest BCUT2D eigenvalue weighted by atomic mass is 32.1. The second kappa shape index (κ2) is 14.2. The SMILES string of the molecule is c1ccc(-c2nc(-c3ccccc3)nc(-c3cccc4c3c3ccc5c(sc6cccc(-c7ccc8c9ccccc9n(-c9ccccc9)c8c7)c65)c3n4-c3ccccc3)n2)cc1. The average molecular weight is 822 g/mol. The molecular weight excluding hydrogens is 787 g/mol. The summed E-state index contributed by atoms with van der Waals surface area (Å²) in [5, 5.41) is 7.27. The summed E-state index contributed by atoms with van der Waals surface area (Å²) in [7, 11) is 0. The quantitative estimate of drug-likeness (QED) is 0.168. The summed E-state index contributed by atoms with van der Waals surface area (Å²) in [5.41, 5.74) is 12.2. The average Bonchev–Trinajstić information content (AvgIpc) is 4.03. The van der Waals surface area contributed by atoms with Gasteiger partial charge in [0.25, 0.3) is 0 Å². The maximum atomic E-state index is 5.21. The minimum atomic E-state index is 0.641. The highest BCUT2D eigenvalue weighted by Crippen LogP contribution is 2.48. The fraction of sp³-hybridized carbons (Fsp3) is 0. The van der Waals surface area contributed by atoms with E-state index < -0.39 is 0 Å². The highest BCUT2D eigenvalue weighted by Gasteiger charge is 2.24. The van der Waals surface area contributed by atoms with Gasteiger partial charge in [-0.2, -0.15) is 0 Å². The van der Waals surface area contributed by atoms with Gasteiger partial charge in [0.2, 0.25) is 0 Å². The lowest BCUT2D eigenvalue weighted by molar-refractivity contribution is 1.08. The van der Waals surface area contributed by atoms with Gasteiger partial charge in [0.15, 0.2) is 17.5 Å². The number of rotatable bonds is 6. The molecule has 13 rings (SSSR count). The van der Waals surface area contributed by atoms with Gasteiger partial charge in [0, 0.05) is 65.1 Å². The molecule has 0 N–H and O–H groups in total. The van der Waals surface area contributed by atoms with Crippen LogP contribution in [0.25, 0.3) is 120 Å². The largest absolute Gasteiger partial charge is 0.309 e. The van der Waals surface area contributed by atoms with Crippen molar-refractivity contribution in [3.63, 3.8) is 0 Å². The molecule has 13 aromatic rings. The molecule has 0 saturated heterocycles. The minimum Gasteiger partial charge on any atom is -0.309 e. The number of thiophene rings is 1. The Balaban J connectivity index is 1.08. The fourth-order valence-electron chi connectivity index (χ4n) is 9.62. The van der Waals surface area contributed by atoms with E-state index in [4.69, 9.17) is 15.0 Å². The molecule has 0 aliphatic rings. The molecule has 0 bridgehead atoms. The predicted octanol–water partition coefficient (Wildman–Crippen LogP) is 15.1. The van der Waals surface area contributed by atoms with Crippen molar-refractivity contribution in [2.45, 2.75) is 0 Å². The van der Waals surface area contributed by atoms with Crippen molar-refractivity contribution in [3.05, 3.63) is 212 Å². The molecule has 0 atom stereocenters. The molecule has 0 spiro atoms. The maximum absolute atomic E-state index is 5.21. The van der Waals surface area contributed by atoms with Crippen LogP contribution in [0.4, 0.5) is 0 Å². The monoisotopic (exact) mass is 821 g/mol. The first-order valence-electron chi connectivity index (χ1n) is 21.2. The summed E-state index contributed by atoms with van der Waals surface area (Å²) < 4.78 is 7.33. The van der Waals surface area contributed by atoms with E-state index in [1.807, 2.05) is 47.7 Å². The Morgan fingerprint density at radius 3 is 1.59 bits per heavy atom. The first kappa shape index (κ1) is 35.6. The third kappa shape index (κ3) is 5.59. The number of hydrogen-bond acceptors (Lipinski definition) is 4. The van der Waals surface area contributed by atoms with E-state index in [1.54, 1.807) is 0 Å². The number of hydrogen-bond donors (Lipinski definition) is 0. The standard InChI is InChI=1S/C57H35N5S/c1-5-17-36(18-6-1)55-58-56(37-19-7-2-8-20-37)60-57(59-55)46-27-15-29-48-51(46)44-33-34-45-52-41(26-16-30-50(52)63-54(45)53(44)62(48)40-23-11-4-12-24-40)38-31-32-43-42-25-13-14-28-47(42)61(49(43)35-38)39-21-9-3-10-22-39/h1-35H. The lowest BCUT2D eigenvalue weighted by Gasteiger charge is -2.10. The third-order valence-corrected chi connectivity index (χ3v) is 13.5. The summed E-state index contributed by atoms with van der Waals surface area (Å²) in [4.78, 5) is 15.4. The normalized spacial score (nSPS) is 11.8. The Morgan fingerprint density at radius 1 is 0.333 bits per heavy atom. The molecule has 0 fully saturated rings. The van der Waals surface area contributed by atoms with Gasteiger partial charge in [0.1, 0.15) is 0 Å². The molecular formula is C57H35N5S. The molecule has 4 heterocycles. The van der Waals surface area contributed by atoms with Crippen molar-refractivity contribution in [2.75, 3.05) is 0 Å². The smallest absolute Gasteiger partial charge is 0.164 e. The van der Waals surface area contributed by atoms with Gasteiger partial charge in [0.05, 0.1) is 26.8 Å². The van der Waals surface area contributed by atoms with Crippen LogP contribution < -0.4 is 0 Å². The molecule has 4 aromatic heterocycles. The second-order valence-corrected chi connectivity index (χ2v) is 17.0. The zero-order valence-electron chi connectivity index (χ0n) is 33.9. The second-order valence-electron chi connectivity index (χ2n) is 15.9. The lowest BCUT2D eigenvalue weighted by Crippen LogP contribution is -2.00. The van der Waals surface area contributed by atoms with Gasteiger partial charge in [-0.05, 0) is 59.7 Å². The molecule has 0 amide bonds. The van der Waals surface area contributed by atoms with Crippen LogP contribution in [0.3, 0.4) is 0 Å². The topological polar surface area (TPSA) is 48.5 Å².